The molecule has 4 bridgehead atoms. The number of amides is 3. The van der Waals surface area contributed by atoms with Crippen molar-refractivity contribution in [2.45, 2.75) is 51.0 Å². The zero-order chi connectivity index (χ0) is 16.4. The monoisotopic (exact) mass is 339 g/mol. The van der Waals surface area contributed by atoms with Crippen LogP contribution < -0.4 is 16.4 Å². The number of thioether (sulfide) groups is 1. The first-order valence-corrected chi connectivity index (χ1v) is 10.2. The average molecular weight is 340 g/mol. The van der Waals surface area contributed by atoms with Crippen molar-refractivity contribution < 1.29 is 9.59 Å². The van der Waals surface area contributed by atoms with Crippen LogP contribution in [0.4, 0.5) is 4.79 Å². The molecule has 4 N–H and O–H groups in total. The Balaban J connectivity index is 1.55. The standard InChI is InChI=1S/C17H29N3O2S/c1-23-3-2-14(20-16(18)22)15(21)19-10-17-7-11-4-12(8-17)6-13(5-11)9-17/h11-14H,2-10H2,1H3,(H,19,21)(H3,18,20,22). The van der Waals surface area contributed by atoms with E-state index in [1.54, 1.807) is 11.8 Å². The fourth-order valence-electron chi connectivity index (χ4n) is 5.58. The smallest absolute Gasteiger partial charge is 0.312 e. The molecule has 4 aliphatic carbocycles. The predicted molar refractivity (Wildman–Crippen MR) is 93.1 cm³/mol. The second-order valence-corrected chi connectivity index (χ2v) is 8.96. The molecule has 0 aromatic carbocycles. The van der Waals surface area contributed by atoms with Gasteiger partial charge >= 0.3 is 6.03 Å². The van der Waals surface area contributed by atoms with Gasteiger partial charge in [0, 0.05) is 6.54 Å². The molecule has 4 saturated carbocycles. The molecule has 1 unspecified atom stereocenters. The van der Waals surface area contributed by atoms with Crippen LogP contribution in [0.1, 0.15) is 44.9 Å². The van der Waals surface area contributed by atoms with Crippen molar-refractivity contribution in [3.63, 3.8) is 0 Å². The third-order valence-corrected chi connectivity index (χ3v) is 6.69. The Morgan fingerprint density at radius 2 is 1.74 bits per heavy atom. The van der Waals surface area contributed by atoms with Gasteiger partial charge < -0.3 is 16.4 Å². The van der Waals surface area contributed by atoms with Crippen LogP contribution in [-0.2, 0) is 4.79 Å². The van der Waals surface area contributed by atoms with Gasteiger partial charge in [-0.2, -0.15) is 11.8 Å². The summed E-state index contributed by atoms with van der Waals surface area (Å²) in [6.45, 7) is 0.769. The van der Waals surface area contributed by atoms with Gasteiger partial charge in [-0.15, -0.1) is 0 Å². The van der Waals surface area contributed by atoms with E-state index in [0.717, 1.165) is 30.1 Å². The van der Waals surface area contributed by atoms with E-state index >= 15 is 0 Å². The SMILES string of the molecule is CSCCC(NC(N)=O)C(=O)NCC12CC3CC(CC(C3)C1)C2. The van der Waals surface area contributed by atoms with Crippen molar-refractivity contribution in [1.29, 1.82) is 0 Å². The molecule has 1 atom stereocenters. The largest absolute Gasteiger partial charge is 0.354 e. The molecule has 0 heterocycles. The van der Waals surface area contributed by atoms with E-state index in [1.165, 1.54) is 38.5 Å². The number of urea groups is 1. The third-order valence-electron chi connectivity index (χ3n) is 6.05. The van der Waals surface area contributed by atoms with Crippen molar-refractivity contribution in [2.75, 3.05) is 18.6 Å². The summed E-state index contributed by atoms with van der Waals surface area (Å²) in [5, 5.41) is 5.72. The summed E-state index contributed by atoms with van der Waals surface area (Å²) in [6, 6.07) is -1.13. The van der Waals surface area contributed by atoms with Gasteiger partial charge in [0.1, 0.15) is 6.04 Å². The molecule has 5 nitrogen and oxygen atoms in total. The Morgan fingerprint density at radius 1 is 1.17 bits per heavy atom. The van der Waals surface area contributed by atoms with E-state index in [2.05, 4.69) is 10.6 Å². The second kappa shape index (κ2) is 6.91. The Labute approximate surface area is 142 Å². The number of hydrogen-bond acceptors (Lipinski definition) is 3. The number of hydrogen-bond donors (Lipinski definition) is 3. The van der Waals surface area contributed by atoms with E-state index in [9.17, 15) is 9.59 Å². The molecule has 0 aliphatic heterocycles. The van der Waals surface area contributed by atoms with E-state index in [0.29, 0.717) is 11.8 Å². The highest BCUT2D eigenvalue weighted by Crippen LogP contribution is 2.59. The molecule has 130 valence electrons. The summed E-state index contributed by atoms with van der Waals surface area (Å²) >= 11 is 1.67. The third kappa shape index (κ3) is 3.95. The molecular weight excluding hydrogens is 310 g/mol. The molecular formula is C17H29N3O2S. The maximum Gasteiger partial charge on any atom is 0.312 e. The highest BCUT2D eigenvalue weighted by atomic mass is 32.2. The minimum atomic E-state index is -0.624. The molecule has 0 spiro atoms. The minimum Gasteiger partial charge on any atom is -0.354 e. The first kappa shape index (κ1) is 16.9. The van der Waals surface area contributed by atoms with Crippen molar-refractivity contribution in [3.05, 3.63) is 0 Å². The lowest BCUT2D eigenvalue weighted by Gasteiger charge is -2.57. The van der Waals surface area contributed by atoms with Crippen LogP contribution in [0.3, 0.4) is 0 Å². The Kier molecular flexibility index (Phi) is 5.09. The van der Waals surface area contributed by atoms with Gasteiger partial charge in [0.05, 0.1) is 0 Å². The Hall–Kier alpha value is -0.910. The Bertz CT molecular complexity index is 433. The van der Waals surface area contributed by atoms with Gasteiger partial charge in [0.2, 0.25) is 5.91 Å². The predicted octanol–water partition coefficient (Wildman–Crippen LogP) is 2.11. The van der Waals surface area contributed by atoms with E-state index in [4.69, 9.17) is 5.73 Å². The zero-order valence-electron chi connectivity index (χ0n) is 14.0. The van der Waals surface area contributed by atoms with Crippen LogP contribution >= 0.6 is 11.8 Å². The van der Waals surface area contributed by atoms with Gasteiger partial charge in [-0.3, -0.25) is 4.79 Å². The minimum absolute atomic E-state index is 0.0754. The maximum absolute atomic E-state index is 12.5. The maximum atomic E-state index is 12.5. The van der Waals surface area contributed by atoms with Crippen LogP contribution in [0.15, 0.2) is 0 Å². The van der Waals surface area contributed by atoms with Crippen LogP contribution in [0.25, 0.3) is 0 Å². The lowest BCUT2D eigenvalue weighted by Crippen LogP contribution is -2.54. The van der Waals surface area contributed by atoms with E-state index in [1.807, 2.05) is 6.26 Å². The number of rotatable bonds is 7. The molecule has 0 radical (unpaired) electrons. The number of carbonyl (C=O) groups is 2. The fourth-order valence-corrected chi connectivity index (χ4v) is 6.05. The van der Waals surface area contributed by atoms with Crippen molar-refractivity contribution in [1.82, 2.24) is 10.6 Å². The second-order valence-electron chi connectivity index (χ2n) is 7.98. The quantitative estimate of drug-likeness (QED) is 0.664. The fraction of sp³-hybridized carbons (Fsp3) is 0.882. The summed E-state index contributed by atoms with van der Waals surface area (Å²) in [4.78, 5) is 23.6. The van der Waals surface area contributed by atoms with Gasteiger partial charge in [0.15, 0.2) is 0 Å². The molecule has 0 aromatic heterocycles. The van der Waals surface area contributed by atoms with Crippen molar-refractivity contribution in [2.24, 2.45) is 28.9 Å². The summed E-state index contributed by atoms with van der Waals surface area (Å²) in [5.41, 5.74) is 5.53. The topological polar surface area (TPSA) is 84.2 Å². The van der Waals surface area contributed by atoms with Gasteiger partial charge in [-0.05, 0) is 80.1 Å². The van der Waals surface area contributed by atoms with Crippen LogP contribution in [0, 0.1) is 23.2 Å². The molecule has 4 rings (SSSR count). The number of nitrogens with one attached hydrogen (secondary N) is 2. The van der Waals surface area contributed by atoms with Gasteiger partial charge in [0.25, 0.3) is 0 Å². The Morgan fingerprint density at radius 3 is 2.22 bits per heavy atom. The summed E-state index contributed by atoms with van der Waals surface area (Å²) in [7, 11) is 0. The first-order chi connectivity index (χ1) is 11.0. The normalized spacial score (nSPS) is 35.8. The van der Waals surface area contributed by atoms with E-state index in [-0.39, 0.29) is 5.91 Å². The molecule has 23 heavy (non-hydrogen) atoms. The van der Waals surface area contributed by atoms with E-state index < -0.39 is 12.1 Å². The average Bonchev–Trinajstić information content (AvgIpc) is 2.47. The van der Waals surface area contributed by atoms with Crippen molar-refractivity contribution >= 4 is 23.7 Å². The summed E-state index contributed by atoms with van der Waals surface area (Å²) in [6.07, 6.45) is 10.7. The van der Waals surface area contributed by atoms with Crippen LogP contribution in [0.2, 0.25) is 0 Å². The number of primary amides is 1. The van der Waals surface area contributed by atoms with Crippen LogP contribution in [-0.4, -0.2) is 36.5 Å². The molecule has 3 amide bonds. The van der Waals surface area contributed by atoms with Gasteiger partial charge in [-0.25, -0.2) is 4.79 Å². The summed E-state index contributed by atoms with van der Waals surface area (Å²) < 4.78 is 0. The first-order valence-electron chi connectivity index (χ1n) is 8.82. The molecule has 0 saturated heterocycles. The number of nitrogens with two attached hydrogens (primary N) is 1. The van der Waals surface area contributed by atoms with Crippen LogP contribution in [0.5, 0.6) is 0 Å². The van der Waals surface area contributed by atoms with Crippen molar-refractivity contribution in [3.8, 4) is 0 Å². The summed E-state index contributed by atoms with van der Waals surface area (Å²) in [5.74, 6) is 3.40. The highest BCUT2D eigenvalue weighted by Gasteiger charge is 2.50. The zero-order valence-corrected chi connectivity index (χ0v) is 14.8. The lowest BCUT2D eigenvalue weighted by molar-refractivity contribution is -0.125. The number of carbonyl (C=O) groups excluding carboxylic acids is 2. The van der Waals surface area contributed by atoms with Gasteiger partial charge in [-0.1, -0.05) is 0 Å². The highest BCUT2D eigenvalue weighted by molar-refractivity contribution is 7.98. The molecule has 0 aromatic rings. The molecule has 4 fully saturated rings. The molecule has 4 aliphatic rings. The molecule has 6 heteroatoms. The lowest BCUT2D eigenvalue weighted by atomic mass is 9.49.